The number of cyclic esters (lactones) is 1. The highest BCUT2D eigenvalue weighted by Crippen LogP contribution is 2.66. The highest BCUT2D eigenvalue weighted by atomic mass is 16.8. The fraction of sp³-hybridized carbons (Fsp3) is 0.878. The summed E-state index contributed by atoms with van der Waals surface area (Å²) >= 11 is 0. The molecule has 23 atom stereocenters. The van der Waals surface area contributed by atoms with E-state index in [-0.39, 0.29) is 71.7 Å². The SMILES string of the molecule is CO[C@H]1C[C@H](O[C@H]2CC[C@@]3(C)C(=CC[C@H]4C5=CC(=O)[C@@H]6[C@@H](C)OC(=O)[C@]56CC[C@@H]43)C2)O[C@H](C)[C@H]1O[C@H]1C[C@H](OC)[C@H](O[C@H]2C[C@H](OC)[C@H](O[C@@H]3C[C@@H](OC)[C@@H](O)[C@H](C)O3)[C@@H](C)O2)[C@@H](C)O1. The molecule has 1 N–H and O–H groups in total. The number of aliphatic hydroxyl groups is 1. The maximum absolute atomic E-state index is 13.3. The van der Waals surface area contributed by atoms with Crippen LogP contribution in [0.5, 0.6) is 0 Å². The first-order chi connectivity index (χ1) is 31.1. The number of ketones is 1. The molecule has 0 bridgehead atoms. The van der Waals surface area contributed by atoms with Gasteiger partial charge in [-0.05, 0) is 102 Å². The molecule has 366 valence electrons. The molecule has 0 radical (unpaired) electrons. The Morgan fingerprint density at radius 2 is 1.12 bits per heavy atom. The van der Waals surface area contributed by atoms with Crippen LogP contribution in [0.25, 0.3) is 0 Å². The van der Waals surface area contributed by atoms with Crippen molar-refractivity contribution in [2.24, 2.45) is 28.6 Å². The summed E-state index contributed by atoms with van der Waals surface area (Å²) in [6.45, 7) is 11.9. The van der Waals surface area contributed by atoms with Crippen molar-refractivity contribution >= 4 is 11.8 Å². The monoisotopic (exact) mass is 918 g/mol. The van der Waals surface area contributed by atoms with Gasteiger partial charge in [0.1, 0.15) is 35.9 Å². The van der Waals surface area contributed by atoms with Gasteiger partial charge in [-0.3, -0.25) is 9.59 Å². The van der Waals surface area contributed by atoms with Gasteiger partial charge in [0.15, 0.2) is 30.9 Å². The second-order valence-electron chi connectivity index (χ2n) is 20.6. The summed E-state index contributed by atoms with van der Waals surface area (Å²) in [6.07, 6.45) is 3.47. The first kappa shape index (κ1) is 48.1. The van der Waals surface area contributed by atoms with Gasteiger partial charge in [0.05, 0.1) is 60.9 Å². The maximum Gasteiger partial charge on any atom is 0.317 e. The van der Waals surface area contributed by atoms with Crippen LogP contribution in [0, 0.1) is 28.6 Å². The fourth-order valence-corrected chi connectivity index (χ4v) is 13.6. The Morgan fingerprint density at radius 1 is 0.631 bits per heavy atom. The Kier molecular flexibility index (Phi) is 14.2. The predicted octanol–water partition coefficient (Wildman–Crippen LogP) is 5.09. The smallest absolute Gasteiger partial charge is 0.317 e. The minimum Gasteiger partial charge on any atom is -0.461 e. The molecule has 5 heterocycles. The molecule has 9 aliphatic rings. The zero-order chi connectivity index (χ0) is 46.1. The molecule has 1 spiro atoms. The van der Waals surface area contributed by atoms with E-state index in [1.165, 1.54) is 5.57 Å². The van der Waals surface area contributed by atoms with E-state index in [0.29, 0.717) is 38.0 Å². The molecule has 16 heteroatoms. The van der Waals surface area contributed by atoms with Crippen LogP contribution in [-0.4, -0.2) is 156 Å². The summed E-state index contributed by atoms with van der Waals surface area (Å²) in [5, 5.41) is 10.4. The number of rotatable bonds is 12. The van der Waals surface area contributed by atoms with Crippen LogP contribution >= 0.6 is 0 Å². The number of hydrogen-bond acceptors (Lipinski definition) is 16. The van der Waals surface area contributed by atoms with Gasteiger partial charge in [-0.2, -0.15) is 0 Å². The van der Waals surface area contributed by atoms with Crippen LogP contribution in [0.2, 0.25) is 0 Å². The van der Waals surface area contributed by atoms with Gasteiger partial charge in [0.25, 0.3) is 0 Å². The van der Waals surface area contributed by atoms with Crippen LogP contribution in [0.3, 0.4) is 0 Å². The quantitative estimate of drug-likeness (QED) is 0.202. The second kappa shape index (κ2) is 19.1. The van der Waals surface area contributed by atoms with Gasteiger partial charge in [0, 0.05) is 54.1 Å². The molecule has 2 saturated carbocycles. The normalized spacial score (nSPS) is 51.0. The number of allylic oxidation sites excluding steroid dienone is 2. The standard InChI is InChI=1S/C49H74O16/c1-23-42-33(50)18-32-30-12-11-28-17-29(13-15-48(28,6)31(30)14-16-49(32,42)47(52)61-23)62-38-20-35(54-8)44(25(3)58-38)64-40-22-37(56-10)46(27(5)60-40)65-41-21-36(55-9)45(26(4)59-41)63-39-19-34(53-7)43(51)24(2)57-39/h11,18,23-27,29-31,34-46,51H,12-17,19-22H2,1-10H3/t23-,24+,25-,26-,27-,29+,30-,31+,34-,35+,36+,37+,38+,39-,40+,41+,42+,43+,44-,45-,46-,48+,49-/m1/s1. The van der Waals surface area contributed by atoms with Crippen LogP contribution < -0.4 is 0 Å². The Hall–Kier alpha value is -1.90. The topological polar surface area (TPSA) is 174 Å². The minimum absolute atomic E-state index is 0.000645. The summed E-state index contributed by atoms with van der Waals surface area (Å²) in [6, 6.07) is 0. The Labute approximate surface area is 383 Å². The van der Waals surface area contributed by atoms with Crippen molar-refractivity contribution in [2.75, 3.05) is 28.4 Å². The van der Waals surface area contributed by atoms with Crippen molar-refractivity contribution in [2.45, 2.75) is 216 Å². The molecule has 5 saturated heterocycles. The van der Waals surface area contributed by atoms with Crippen molar-refractivity contribution < 1.29 is 76.3 Å². The first-order valence-electron chi connectivity index (χ1n) is 24.3. The lowest BCUT2D eigenvalue weighted by Gasteiger charge is -2.55. The summed E-state index contributed by atoms with van der Waals surface area (Å²) < 4.78 is 81.0. The average Bonchev–Trinajstić information content (AvgIpc) is 3.73. The molecular weight excluding hydrogens is 845 g/mol. The lowest BCUT2D eigenvalue weighted by molar-refractivity contribution is -0.347. The molecule has 0 aromatic rings. The molecule has 16 nitrogen and oxygen atoms in total. The van der Waals surface area contributed by atoms with Crippen molar-refractivity contribution in [1.82, 2.24) is 0 Å². The molecule has 5 aliphatic heterocycles. The van der Waals surface area contributed by atoms with E-state index in [0.717, 1.165) is 37.7 Å². The van der Waals surface area contributed by atoms with Gasteiger partial charge in [-0.15, -0.1) is 0 Å². The van der Waals surface area contributed by atoms with E-state index in [2.05, 4.69) is 13.0 Å². The summed E-state index contributed by atoms with van der Waals surface area (Å²) in [7, 11) is 6.59. The van der Waals surface area contributed by atoms with E-state index in [1.54, 1.807) is 35.4 Å². The molecule has 0 unspecified atom stereocenters. The van der Waals surface area contributed by atoms with Gasteiger partial charge in [-0.1, -0.05) is 18.6 Å². The van der Waals surface area contributed by atoms with Crippen molar-refractivity contribution in [3.05, 3.63) is 23.3 Å². The summed E-state index contributed by atoms with van der Waals surface area (Å²) in [5.41, 5.74) is 1.68. The van der Waals surface area contributed by atoms with Crippen molar-refractivity contribution in [3.8, 4) is 0 Å². The van der Waals surface area contributed by atoms with Crippen molar-refractivity contribution in [1.29, 1.82) is 0 Å². The predicted molar refractivity (Wildman–Crippen MR) is 230 cm³/mol. The molecule has 0 amide bonds. The highest BCUT2D eigenvalue weighted by Gasteiger charge is 2.68. The summed E-state index contributed by atoms with van der Waals surface area (Å²) in [5.74, 6) is 0.0472. The Morgan fingerprint density at radius 3 is 1.65 bits per heavy atom. The molecule has 65 heavy (non-hydrogen) atoms. The number of aliphatic hydroxyl groups excluding tert-OH is 1. The largest absolute Gasteiger partial charge is 0.461 e. The highest BCUT2D eigenvalue weighted by molar-refractivity contribution is 6.05. The minimum atomic E-state index is -0.759. The second-order valence-corrected chi connectivity index (χ2v) is 20.6. The summed E-state index contributed by atoms with van der Waals surface area (Å²) in [4.78, 5) is 26.6. The molecule has 0 aromatic carbocycles. The molecular formula is C49H74O16. The van der Waals surface area contributed by atoms with Crippen molar-refractivity contribution in [3.63, 3.8) is 0 Å². The number of fused-ring (bicyclic) bond motifs is 4. The zero-order valence-corrected chi connectivity index (χ0v) is 39.9. The van der Waals surface area contributed by atoms with Crippen LogP contribution in [0.4, 0.5) is 0 Å². The third-order valence-electron chi connectivity index (χ3n) is 17.1. The molecule has 9 rings (SSSR count). The van der Waals surface area contributed by atoms with Crippen LogP contribution in [-0.2, 0) is 71.2 Å². The number of methoxy groups -OCH3 is 4. The van der Waals surface area contributed by atoms with Gasteiger partial charge < -0.3 is 66.7 Å². The zero-order valence-electron chi connectivity index (χ0n) is 39.9. The van der Waals surface area contributed by atoms with Crippen LogP contribution in [0.1, 0.15) is 106 Å². The van der Waals surface area contributed by atoms with E-state index in [1.807, 2.05) is 33.8 Å². The average molecular weight is 919 g/mol. The van der Waals surface area contributed by atoms with Gasteiger partial charge in [-0.25, -0.2) is 0 Å². The number of esters is 1. The van der Waals surface area contributed by atoms with E-state index >= 15 is 0 Å². The molecule has 7 fully saturated rings. The molecule has 0 aromatic heterocycles. The number of hydrogen-bond donors (Lipinski definition) is 1. The van der Waals surface area contributed by atoms with Crippen LogP contribution in [0.15, 0.2) is 23.3 Å². The van der Waals surface area contributed by atoms with E-state index in [9.17, 15) is 14.7 Å². The van der Waals surface area contributed by atoms with E-state index < -0.39 is 73.3 Å². The number of carbonyl (C=O) groups excluding carboxylic acids is 2. The van der Waals surface area contributed by atoms with Gasteiger partial charge in [0.2, 0.25) is 0 Å². The number of carbonyl (C=O) groups is 2. The lowest BCUT2D eigenvalue weighted by atomic mass is 9.48. The Balaban J connectivity index is 0.769. The first-order valence-corrected chi connectivity index (χ1v) is 24.3. The van der Waals surface area contributed by atoms with E-state index in [4.69, 9.17) is 61.6 Å². The third-order valence-corrected chi connectivity index (χ3v) is 17.1. The fourth-order valence-electron chi connectivity index (χ4n) is 13.6. The number of ether oxygens (including phenoxy) is 13. The lowest BCUT2D eigenvalue weighted by Crippen LogP contribution is -2.58. The molecule has 4 aliphatic carbocycles. The third kappa shape index (κ3) is 8.64. The maximum atomic E-state index is 13.3. The van der Waals surface area contributed by atoms with Gasteiger partial charge >= 0.3 is 5.97 Å². The Bertz CT molecular complexity index is 1790.